The van der Waals surface area contributed by atoms with Gasteiger partial charge >= 0.3 is 0 Å². The van der Waals surface area contributed by atoms with E-state index in [0.29, 0.717) is 24.0 Å². The van der Waals surface area contributed by atoms with Crippen molar-refractivity contribution in [3.05, 3.63) is 59.2 Å². The van der Waals surface area contributed by atoms with Crippen LogP contribution in [-0.2, 0) is 13.2 Å². The highest BCUT2D eigenvalue weighted by atomic mass is 19.1. The molecule has 0 aliphatic carbocycles. The SMILES string of the molecule is Cc1ccc(OCc2cccc(CNC(C)C)n2)cc1F. The fraction of sp³-hybridized carbons (Fsp3) is 0.353. The maximum Gasteiger partial charge on any atom is 0.130 e. The molecule has 0 fully saturated rings. The quantitative estimate of drug-likeness (QED) is 0.881. The molecule has 1 aromatic carbocycles. The lowest BCUT2D eigenvalue weighted by molar-refractivity contribution is 0.299. The molecule has 0 spiro atoms. The van der Waals surface area contributed by atoms with Crippen molar-refractivity contribution in [2.75, 3.05) is 0 Å². The van der Waals surface area contributed by atoms with Gasteiger partial charge in [0.05, 0.1) is 11.4 Å². The van der Waals surface area contributed by atoms with E-state index in [4.69, 9.17) is 4.74 Å². The van der Waals surface area contributed by atoms with Crippen LogP contribution in [0.1, 0.15) is 30.8 Å². The third-order valence-corrected chi connectivity index (χ3v) is 3.09. The lowest BCUT2D eigenvalue weighted by atomic mass is 10.2. The van der Waals surface area contributed by atoms with Crippen molar-refractivity contribution >= 4 is 0 Å². The van der Waals surface area contributed by atoms with Gasteiger partial charge in [-0.25, -0.2) is 4.39 Å². The van der Waals surface area contributed by atoms with Crippen molar-refractivity contribution in [3.8, 4) is 5.75 Å². The molecule has 2 rings (SSSR count). The fourth-order valence-corrected chi connectivity index (χ4v) is 1.84. The van der Waals surface area contributed by atoms with Gasteiger partial charge in [0.1, 0.15) is 18.2 Å². The molecule has 0 bridgehead atoms. The highest BCUT2D eigenvalue weighted by molar-refractivity contribution is 5.28. The highest BCUT2D eigenvalue weighted by Gasteiger charge is 2.03. The maximum atomic E-state index is 13.4. The Balaban J connectivity index is 1.96. The number of hydrogen-bond acceptors (Lipinski definition) is 3. The summed E-state index contributed by atoms with van der Waals surface area (Å²) in [7, 11) is 0. The van der Waals surface area contributed by atoms with Gasteiger partial charge < -0.3 is 10.1 Å². The number of aromatic nitrogens is 1. The van der Waals surface area contributed by atoms with E-state index in [9.17, 15) is 4.39 Å². The maximum absolute atomic E-state index is 13.4. The first-order chi connectivity index (χ1) is 10.0. The van der Waals surface area contributed by atoms with Gasteiger partial charge in [-0.2, -0.15) is 0 Å². The summed E-state index contributed by atoms with van der Waals surface area (Å²) in [5.74, 6) is 0.265. The van der Waals surface area contributed by atoms with Crippen LogP contribution in [-0.4, -0.2) is 11.0 Å². The van der Waals surface area contributed by atoms with Gasteiger partial charge in [0, 0.05) is 18.7 Å². The van der Waals surface area contributed by atoms with Gasteiger partial charge in [-0.3, -0.25) is 4.98 Å². The van der Waals surface area contributed by atoms with Crippen molar-refractivity contribution in [2.24, 2.45) is 0 Å². The highest BCUT2D eigenvalue weighted by Crippen LogP contribution is 2.17. The smallest absolute Gasteiger partial charge is 0.130 e. The number of nitrogens with zero attached hydrogens (tertiary/aromatic N) is 1. The average Bonchev–Trinajstić information content (AvgIpc) is 2.47. The average molecular weight is 288 g/mol. The van der Waals surface area contributed by atoms with E-state index in [2.05, 4.69) is 24.1 Å². The van der Waals surface area contributed by atoms with Crippen LogP contribution < -0.4 is 10.1 Å². The Hall–Kier alpha value is -1.94. The molecule has 0 unspecified atom stereocenters. The summed E-state index contributed by atoms with van der Waals surface area (Å²) in [5, 5.41) is 3.32. The van der Waals surface area contributed by atoms with Crippen molar-refractivity contribution in [1.82, 2.24) is 10.3 Å². The van der Waals surface area contributed by atoms with Crippen molar-refractivity contribution in [2.45, 2.75) is 40.0 Å². The minimum atomic E-state index is -0.254. The summed E-state index contributed by atoms with van der Waals surface area (Å²) in [5.41, 5.74) is 2.42. The molecular weight excluding hydrogens is 267 g/mol. The van der Waals surface area contributed by atoms with E-state index in [1.807, 2.05) is 18.2 Å². The molecular formula is C17H21FN2O. The third-order valence-electron chi connectivity index (χ3n) is 3.09. The molecule has 1 N–H and O–H groups in total. The molecule has 0 aliphatic heterocycles. The van der Waals surface area contributed by atoms with Crippen LogP contribution in [0.5, 0.6) is 5.75 Å². The second-order valence-corrected chi connectivity index (χ2v) is 5.36. The van der Waals surface area contributed by atoms with Gasteiger partial charge in [0.25, 0.3) is 0 Å². The van der Waals surface area contributed by atoms with Crippen LogP contribution >= 0.6 is 0 Å². The Labute approximate surface area is 125 Å². The Morgan fingerprint density at radius 2 is 1.95 bits per heavy atom. The number of ether oxygens (including phenoxy) is 1. The number of nitrogens with one attached hydrogen (secondary N) is 1. The Morgan fingerprint density at radius 1 is 1.19 bits per heavy atom. The number of aryl methyl sites for hydroxylation is 1. The third kappa shape index (κ3) is 4.83. The molecule has 0 amide bonds. The number of rotatable bonds is 6. The summed E-state index contributed by atoms with van der Waals surface area (Å²) in [6.07, 6.45) is 0. The fourth-order valence-electron chi connectivity index (χ4n) is 1.84. The lowest BCUT2D eigenvalue weighted by Crippen LogP contribution is -2.22. The zero-order valence-electron chi connectivity index (χ0n) is 12.7. The number of pyridine rings is 1. The van der Waals surface area contributed by atoms with Gasteiger partial charge in [0.2, 0.25) is 0 Å². The molecule has 1 heterocycles. The minimum Gasteiger partial charge on any atom is -0.487 e. The summed E-state index contributed by atoms with van der Waals surface area (Å²) < 4.78 is 19.0. The molecule has 2 aromatic rings. The predicted octanol–water partition coefficient (Wildman–Crippen LogP) is 3.61. The first-order valence-electron chi connectivity index (χ1n) is 7.12. The standard InChI is InChI=1S/C17H21FN2O/c1-12(2)19-10-14-5-4-6-15(20-14)11-21-16-8-7-13(3)17(18)9-16/h4-9,12,19H,10-11H2,1-3H3. The zero-order valence-corrected chi connectivity index (χ0v) is 12.7. The molecule has 0 aliphatic rings. The molecule has 0 atom stereocenters. The van der Waals surface area contributed by atoms with Crippen LogP contribution in [0, 0.1) is 12.7 Å². The lowest BCUT2D eigenvalue weighted by Gasteiger charge is -2.10. The predicted molar refractivity (Wildman–Crippen MR) is 81.7 cm³/mol. The van der Waals surface area contributed by atoms with Crippen LogP contribution in [0.2, 0.25) is 0 Å². The molecule has 21 heavy (non-hydrogen) atoms. The monoisotopic (exact) mass is 288 g/mol. The van der Waals surface area contributed by atoms with Crippen LogP contribution in [0.25, 0.3) is 0 Å². The molecule has 0 saturated carbocycles. The minimum absolute atomic E-state index is 0.254. The molecule has 4 heteroatoms. The van der Waals surface area contributed by atoms with Crippen molar-refractivity contribution in [1.29, 1.82) is 0 Å². The molecule has 0 radical (unpaired) electrons. The zero-order chi connectivity index (χ0) is 15.2. The van der Waals surface area contributed by atoms with Gasteiger partial charge in [-0.05, 0) is 30.7 Å². The molecule has 3 nitrogen and oxygen atoms in total. The van der Waals surface area contributed by atoms with Gasteiger partial charge in [0.15, 0.2) is 0 Å². The molecule has 112 valence electrons. The second-order valence-electron chi connectivity index (χ2n) is 5.36. The number of hydrogen-bond donors (Lipinski definition) is 1. The van der Waals surface area contributed by atoms with Crippen molar-refractivity contribution in [3.63, 3.8) is 0 Å². The summed E-state index contributed by atoms with van der Waals surface area (Å²) >= 11 is 0. The van der Waals surface area contributed by atoms with E-state index in [1.165, 1.54) is 6.07 Å². The van der Waals surface area contributed by atoms with Gasteiger partial charge in [-0.15, -0.1) is 0 Å². The first kappa shape index (κ1) is 15.4. The normalized spacial score (nSPS) is 10.9. The van der Waals surface area contributed by atoms with E-state index >= 15 is 0 Å². The number of benzene rings is 1. The topological polar surface area (TPSA) is 34.1 Å². The van der Waals surface area contributed by atoms with Crippen LogP contribution in [0.3, 0.4) is 0 Å². The van der Waals surface area contributed by atoms with Crippen LogP contribution in [0.4, 0.5) is 4.39 Å². The Kier molecular flexibility index (Phi) is 5.28. The van der Waals surface area contributed by atoms with Crippen molar-refractivity contribution < 1.29 is 9.13 Å². The molecule has 0 saturated heterocycles. The largest absolute Gasteiger partial charge is 0.487 e. The summed E-state index contributed by atoms with van der Waals surface area (Å²) in [6, 6.07) is 11.1. The van der Waals surface area contributed by atoms with E-state index < -0.39 is 0 Å². The Morgan fingerprint density at radius 3 is 2.67 bits per heavy atom. The molecule has 1 aromatic heterocycles. The summed E-state index contributed by atoms with van der Waals surface area (Å²) in [4.78, 5) is 4.52. The van der Waals surface area contributed by atoms with E-state index in [-0.39, 0.29) is 5.82 Å². The van der Waals surface area contributed by atoms with E-state index in [1.54, 1.807) is 19.1 Å². The summed E-state index contributed by atoms with van der Waals surface area (Å²) in [6.45, 7) is 6.98. The Bertz CT molecular complexity index is 599. The second kappa shape index (κ2) is 7.18. The number of halogens is 1. The first-order valence-corrected chi connectivity index (χ1v) is 7.12. The van der Waals surface area contributed by atoms with E-state index in [0.717, 1.165) is 17.9 Å². The van der Waals surface area contributed by atoms with Crippen LogP contribution in [0.15, 0.2) is 36.4 Å². The van der Waals surface area contributed by atoms with Gasteiger partial charge in [-0.1, -0.05) is 26.0 Å².